The molecule has 20 heavy (non-hydrogen) atoms. The van der Waals surface area contributed by atoms with Crippen molar-refractivity contribution in [2.45, 2.75) is 10.1 Å². The summed E-state index contributed by atoms with van der Waals surface area (Å²) in [5.41, 5.74) is 0.626. The Kier molecular flexibility index (Phi) is 5.81. The zero-order valence-electron chi connectivity index (χ0n) is 10.6. The van der Waals surface area contributed by atoms with E-state index in [2.05, 4.69) is 15.5 Å². The number of aromatic nitrogens is 2. The average Bonchev–Trinajstić information content (AvgIpc) is 2.85. The summed E-state index contributed by atoms with van der Waals surface area (Å²) >= 11 is 4.13. The molecule has 2 rings (SSSR count). The molecule has 1 N–H and O–H groups in total. The van der Waals surface area contributed by atoms with Crippen LogP contribution in [-0.2, 0) is 10.5 Å². The highest BCUT2D eigenvalue weighted by Crippen LogP contribution is 2.28. The predicted octanol–water partition coefficient (Wildman–Crippen LogP) is 3.27. The molecule has 1 amide bonds. The van der Waals surface area contributed by atoms with Crippen LogP contribution in [0.4, 0.5) is 9.52 Å². The van der Waals surface area contributed by atoms with Crippen LogP contribution in [0.3, 0.4) is 0 Å². The fourth-order valence-corrected chi connectivity index (χ4v) is 3.45. The van der Waals surface area contributed by atoms with Crippen molar-refractivity contribution >= 4 is 45.9 Å². The summed E-state index contributed by atoms with van der Waals surface area (Å²) in [6.07, 6.45) is 1.86. The first-order valence-electron chi connectivity index (χ1n) is 5.67. The second kappa shape index (κ2) is 7.61. The van der Waals surface area contributed by atoms with Crippen molar-refractivity contribution in [3.05, 3.63) is 35.6 Å². The lowest BCUT2D eigenvalue weighted by atomic mass is 10.2. The number of carbonyl (C=O) groups is 1. The van der Waals surface area contributed by atoms with E-state index in [1.54, 1.807) is 18.2 Å². The number of carbonyl (C=O) groups excluding carboxylic acids is 1. The second-order valence-electron chi connectivity index (χ2n) is 3.73. The smallest absolute Gasteiger partial charge is 0.236 e. The Balaban J connectivity index is 1.90. The van der Waals surface area contributed by atoms with Crippen molar-refractivity contribution < 1.29 is 9.18 Å². The van der Waals surface area contributed by atoms with Gasteiger partial charge in [-0.05, 0) is 17.9 Å². The van der Waals surface area contributed by atoms with Gasteiger partial charge in [-0.2, -0.15) is 11.8 Å². The van der Waals surface area contributed by atoms with E-state index in [0.29, 0.717) is 26.5 Å². The van der Waals surface area contributed by atoms with Gasteiger partial charge in [0.05, 0.1) is 5.75 Å². The van der Waals surface area contributed by atoms with Crippen LogP contribution in [0.25, 0.3) is 0 Å². The van der Waals surface area contributed by atoms with Crippen molar-refractivity contribution in [3.8, 4) is 0 Å². The zero-order valence-corrected chi connectivity index (χ0v) is 13.1. The number of nitrogens with one attached hydrogen (secondary N) is 1. The van der Waals surface area contributed by atoms with E-state index in [9.17, 15) is 9.18 Å². The maximum atomic E-state index is 13.4. The molecular weight excluding hydrogens is 317 g/mol. The Morgan fingerprint density at radius 1 is 1.40 bits per heavy atom. The molecule has 2 aromatic rings. The third-order valence-electron chi connectivity index (χ3n) is 2.24. The normalized spacial score (nSPS) is 10.5. The minimum Gasteiger partial charge on any atom is -0.300 e. The van der Waals surface area contributed by atoms with Gasteiger partial charge in [-0.3, -0.25) is 10.1 Å². The molecule has 0 saturated carbocycles. The third-order valence-corrected chi connectivity index (χ3v) is 4.81. The largest absolute Gasteiger partial charge is 0.300 e. The molecule has 4 nitrogen and oxygen atoms in total. The number of rotatable bonds is 6. The number of halogens is 1. The topological polar surface area (TPSA) is 54.9 Å². The Morgan fingerprint density at radius 3 is 2.95 bits per heavy atom. The van der Waals surface area contributed by atoms with Crippen LogP contribution >= 0.6 is 34.9 Å². The minimum absolute atomic E-state index is 0.0979. The van der Waals surface area contributed by atoms with Gasteiger partial charge in [0, 0.05) is 5.75 Å². The Labute approximate surface area is 128 Å². The van der Waals surface area contributed by atoms with E-state index in [1.807, 2.05) is 6.26 Å². The van der Waals surface area contributed by atoms with Crippen LogP contribution in [0.2, 0.25) is 0 Å². The van der Waals surface area contributed by atoms with Crippen LogP contribution in [-0.4, -0.2) is 28.1 Å². The number of hydrogen-bond donors (Lipinski definition) is 1. The van der Waals surface area contributed by atoms with E-state index in [4.69, 9.17) is 0 Å². The SMILES string of the molecule is CSCC(=O)Nc1nnc(SCc2ccccc2F)s1. The molecule has 0 aliphatic heterocycles. The molecule has 0 bridgehead atoms. The highest BCUT2D eigenvalue weighted by atomic mass is 32.2. The average molecular weight is 329 g/mol. The third kappa shape index (κ3) is 4.46. The van der Waals surface area contributed by atoms with Crippen LogP contribution in [0.5, 0.6) is 0 Å². The van der Waals surface area contributed by atoms with Crippen molar-refractivity contribution in [3.63, 3.8) is 0 Å². The Morgan fingerprint density at radius 2 is 2.20 bits per heavy atom. The first kappa shape index (κ1) is 15.3. The molecule has 0 aliphatic carbocycles. The number of amides is 1. The lowest BCUT2D eigenvalue weighted by molar-refractivity contribution is -0.113. The summed E-state index contributed by atoms with van der Waals surface area (Å²) in [7, 11) is 0. The number of hydrogen-bond acceptors (Lipinski definition) is 6. The maximum Gasteiger partial charge on any atom is 0.236 e. The van der Waals surface area contributed by atoms with Gasteiger partial charge in [0.2, 0.25) is 11.0 Å². The first-order valence-corrected chi connectivity index (χ1v) is 8.87. The minimum atomic E-state index is -0.224. The van der Waals surface area contributed by atoms with Gasteiger partial charge in [-0.15, -0.1) is 10.2 Å². The molecular formula is C12H12FN3OS3. The molecule has 1 heterocycles. The van der Waals surface area contributed by atoms with Gasteiger partial charge in [0.1, 0.15) is 5.82 Å². The van der Waals surface area contributed by atoms with Crippen LogP contribution < -0.4 is 5.32 Å². The van der Waals surface area contributed by atoms with Crippen LogP contribution in [0.15, 0.2) is 28.6 Å². The quantitative estimate of drug-likeness (QED) is 0.651. The summed E-state index contributed by atoms with van der Waals surface area (Å²) in [6.45, 7) is 0. The van der Waals surface area contributed by atoms with Gasteiger partial charge >= 0.3 is 0 Å². The highest BCUT2D eigenvalue weighted by molar-refractivity contribution is 8.00. The molecule has 1 aromatic heterocycles. The molecule has 0 fully saturated rings. The van der Waals surface area contributed by atoms with Crippen molar-refractivity contribution in [2.75, 3.05) is 17.3 Å². The molecule has 0 saturated heterocycles. The molecule has 0 spiro atoms. The van der Waals surface area contributed by atoms with Gasteiger partial charge in [0.15, 0.2) is 4.34 Å². The van der Waals surface area contributed by atoms with E-state index < -0.39 is 0 Å². The first-order chi connectivity index (χ1) is 9.69. The predicted molar refractivity (Wildman–Crippen MR) is 82.9 cm³/mol. The van der Waals surface area contributed by atoms with Gasteiger partial charge in [-0.25, -0.2) is 4.39 Å². The summed E-state index contributed by atoms with van der Waals surface area (Å²) in [5, 5.41) is 11.0. The van der Waals surface area contributed by atoms with Gasteiger partial charge in [-0.1, -0.05) is 41.3 Å². The zero-order chi connectivity index (χ0) is 14.4. The lowest BCUT2D eigenvalue weighted by Gasteiger charge is -1.99. The monoisotopic (exact) mass is 329 g/mol. The van der Waals surface area contributed by atoms with Crippen molar-refractivity contribution in [1.82, 2.24) is 10.2 Å². The highest BCUT2D eigenvalue weighted by Gasteiger charge is 2.09. The fraction of sp³-hybridized carbons (Fsp3) is 0.250. The molecule has 0 radical (unpaired) electrons. The molecule has 1 aromatic carbocycles. The van der Waals surface area contributed by atoms with E-state index in [0.717, 1.165) is 0 Å². The summed E-state index contributed by atoms with van der Waals surface area (Å²) in [4.78, 5) is 11.4. The molecule has 0 atom stereocenters. The standard InChI is InChI=1S/C12H12FN3OS3/c1-18-7-10(17)14-11-15-16-12(20-11)19-6-8-4-2-3-5-9(8)13/h2-5H,6-7H2,1H3,(H,14,15,17). The van der Waals surface area contributed by atoms with Crippen molar-refractivity contribution in [1.29, 1.82) is 0 Å². The summed E-state index contributed by atoms with van der Waals surface area (Å²) < 4.78 is 14.2. The second-order valence-corrected chi connectivity index (χ2v) is 6.80. The van der Waals surface area contributed by atoms with E-state index in [-0.39, 0.29) is 11.7 Å². The van der Waals surface area contributed by atoms with E-state index >= 15 is 0 Å². The molecule has 0 aliphatic rings. The number of nitrogens with zero attached hydrogens (tertiary/aromatic N) is 2. The van der Waals surface area contributed by atoms with Crippen molar-refractivity contribution in [2.24, 2.45) is 0 Å². The number of thioether (sulfide) groups is 2. The summed E-state index contributed by atoms with van der Waals surface area (Å²) in [6, 6.07) is 6.63. The van der Waals surface area contributed by atoms with Gasteiger partial charge < -0.3 is 0 Å². The molecule has 0 unspecified atom stereocenters. The number of benzene rings is 1. The molecule has 106 valence electrons. The van der Waals surface area contributed by atoms with E-state index in [1.165, 1.54) is 40.9 Å². The number of anilines is 1. The maximum absolute atomic E-state index is 13.4. The molecule has 8 heteroatoms. The fourth-order valence-electron chi connectivity index (χ4n) is 1.36. The van der Waals surface area contributed by atoms with Gasteiger partial charge in [0.25, 0.3) is 0 Å². The van der Waals surface area contributed by atoms with Crippen LogP contribution in [0.1, 0.15) is 5.56 Å². The lowest BCUT2D eigenvalue weighted by Crippen LogP contribution is -2.13. The summed E-state index contributed by atoms with van der Waals surface area (Å²) in [5.74, 6) is 0.550. The van der Waals surface area contributed by atoms with Crippen LogP contribution in [0, 0.1) is 5.82 Å². The Bertz CT molecular complexity index is 591. The Hall–Kier alpha value is -1.12.